The van der Waals surface area contributed by atoms with E-state index < -0.39 is 0 Å². The van der Waals surface area contributed by atoms with Crippen molar-refractivity contribution in [3.05, 3.63) is 53.6 Å². The maximum Gasteiger partial charge on any atom is 0.142 e. The van der Waals surface area contributed by atoms with Crippen molar-refractivity contribution in [3.63, 3.8) is 0 Å². The molecule has 9 nitrogen and oxygen atoms in total. The van der Waals surface area contributed by atoms with Crippen LogP contribution in [0.1, 0.15) is 42.7 Å². The molecule has 43 heavy (non-hydrogen) atoms. The van der Waals surface area contributed by atoms with E-state index in [-0.39, 0.29) is 18.1 Å². The minimum absolute atomic E-state index is 0.0240. The summed E-state index contributed by atoms with van der Waals surface area (Å²) in [6, 6.07) is 15.0. The highest BCUT2D eigenvalue weighted by atomic mass is 16.5. The topological polar surface area (TPSA) is 73.9 Å². The molecule has 0 bridgehead atoms. The van der Waals surface area contributed by atoms with Crippen LogP contribution in [0.5, 0.6) is 11.5 Å². The third-order valence-electron chi connectivity index (χ3n) is 8.68. The fourth-order valence-corrected chi connectivity index (χ4v) is 6.38. The van der Waals surface area contributed by atoms with E-state index in [9.17, 15) is 0 Å². The van der Waals surface area contributed by atoms with Crippen LogP contribution in [0.25, 0.3) is 0 Å². The molecule has 0 spiro atoms. The summed E-state index contributed by atoms with van der Waals surface area (Å²) in [7, 11) is 3.47. The summed E-state index contributed by atoms with van der Waals surface area (Å²) in [5.41, 5.74) is 3.52. The van der Waals surface area contributed by atoms with E-state index in [4.69, 9.17) is 28.4 Å². The highest BCUT2D eigenvalue weighted by Crippen LogP contribution is 2.35. The Morgan fingerprint density at radius 1 is 0.814 bits per heavy atom. The van der Waals surface area contributed by atoms with E-state index in [1.165, 1.54) is 31.5 Å². The maximum absolute atomic E-state index is 6.72. The van der Waals surface area contributed by atoms with Crippen LogP contribution < -0.4 is 19.7 Å². The van der Waals surface area contributed by atoms with Crippen molar-refractivity contribution < 1.29 is 28.4 Å². The molecule has 3 aliphatic heterocycles. The molecular formula is C34H51N3O6. The van der Waals surface area contributed by atoms with Crippen molar-refractivity contribution in [1.82, 2.24) is 10.2 Å². The van der Waals surface area contributed by atoms with Crippen molar-refractivity contribution in [2.75, 3.05) is 98.0 Å². The minimum atomic E-state index is -0.0240. The predicted octanol–water partition coefficient (Wildman–Crippen LogP) is 4.09. The van der Waals surface area contributed by atoms with Gasteiger partial charge in [0.25, 0.3) is 0 Å². The van der Waals surface area contributed by atoms with Gasteiger partial charge in [-0.05, 0) is 67.7 Å². The lowest BCUT2D eigenvalue weighted by Crippen LogP contribution is -2.51. The van der Waals surface area contributed by atoms with Gasteiger partial charge in [0, 0.05) is 66.0 Å². The highest BCUT2D eigenvalue weighted by molar-refractivity contribution is 5.61. The number of piperidine rings is 1. The smallest absolute Gasteiger partial charge is 0.142 e. The Morgan fingerprint density at radius 3 is 2.37 bits per heavy atom. The number of nitrogens with one attached hydrogen (secondary N) is 1. The van der Waals surface area contributed by atoms with Crippen molar-refractivity contribution in [2.24, 2.45) is 0 Å². The van der Waals surface area contributed by atoms with Gasteiger partial charge in [-0.15, -0.1) is 0 Å². The van der Waals surface area contributed by atoms with Gasteiger partial charge in [-0.25, -0.2) is 0 Å². The van der Waals surface area contributed by atoms with Crippen LogP contribution in [0.3, 0.4) is 0 Å². The first kappa shape index (κ1) is 32.0. The lowest BCUT2D eigenvalue weighted by Gasteiger charge is -2.39. The molecule has 2 aromatic carbocycles. The van der Waals surface area contributed by atoms with Crippen LogP contribution in [-0.4, -0.2) is 110 Å². The third-order valence-corrected chi connectivity index (χ3v) is 8.68. The van der Waals surface area contributed by atoms with Crippen molar-refractivity contribution in [1.29, 1.82) is 0 Å². The molecule has 5 rings (SSSR count). The molecular weight excluding hydrogens is 546 g/mol. The van der Waals surface area contributed by atoms with E-state index >= 15 is 0 Å². The maximum atomic E-state index is 6.72. The van der Waals surface area contributed by atoms with Gasteiger partial charge >= 0.3 is 0 Å². The molecule has 3 atom stereocenters. The quantitative estimate of drug-likeness (QED) is 0.272. The molecule has 0 radical (unpaired) electrons. The van der Waals surface area contributed by atoms with Crippen LogP contribution in [0, 0.1) is 0 Å². The zero-order valence-electron chi connectivity index (χ0n) is 26.1. The van der Waals surface area contributed by atoms with E-state index in [1.54, 1.807) is 14.2 Å². The Kier molecular flexibility index (Phi) is 12.8. The summed E-state index contributed by atoms with van der Waals surface area (Å²) in [6.07, 6.45) is 4.45. The monoisotopic (exact) mass is 597 g/mol. The van der Waals surface area contributed by atoms with Crippen LogP contribution in [0.15, 0.2) is 42.5 Å². The third kappa shape index (κ3) is 9.30. The number of methoxy groups -OCH3 is 2. The largest absolute Gasteiger partial charge is 0.494 e. The molecule has 2 fully saturated rings. The fourth-order valence-electron chi connectivity index (χ4n) is 6.38. The first-order chi connectivity index (χ1) is 21.2. The first-order valence-corrected chi connectivity index (χ1v) is 16.1. The van der Waals surface area contributed by atoms with Crippen molar-refractivity contribution in [2.45, 2.75) is 50.4 Å². The Labute approximate surface area is 257 Å². The number of hydrogen-bond acceptors (Lipinski definition) is 9. The minimum Gasteiger partial charge on any atom is -0.494 e. The number of hydrogen-bond donors (Lipinski definition) is 1. The molecule has 2 saturated heterocycles. The zero-order chi connectivity index (χ0) is 29.7. The van der Waals surface area contributed by atoms with Crippen LogP contribution in [0.2, 0.25) is 0 Å². The number of fused-ring (bicyclic) bond motifs is 1. The average molecular weight is 598 g/mol. The van der Waals surface area contributed by atoms with Gasteiger partial charge in [0.1, 0.15) is 18.1 Å². The summed E-state index contributed by atoms with van der Waals surface area (Å²) in [4.78, 5) is 4.91. The Morgan fingerprint density at radius 2 is 1.58 bits per heavy atom. The lowest BCUT2D eigenvalue weighted by atomic mass is 9.85. The Hall–Kier alpha value is -2.40. The molecule has 3 heterocycles. The molecule has 0 saturated carbocycles. The van der Waals surface area contributed by atoms with E-state index in [0.717, 1.165) is 81.5 Å². The average Bonchev–Trinajstić information content (AvgIpc) is 3.56. The molecule has 0 aliphatic carbocycles. The molecule has 1 N–H and O–H groups in total. The predicted molar refractivity (Wildman–Crippen MR) is 169 cm³/mol. The fraction of sp³-hybridized carbons (Fsp3) is 0.647. The highest BCUT2D eigenvalue weighted by Gasteiger charge is 2.36. The van der Waals surface area contributed by atoms with Gasteiger partial charge in [0.05, 0.1) is 44.3 Å². The van der Waals surface area contributed by atoms with Gasteiger partial charge in [-0.2, -0.15) is 0 Å². The second kappa shape index (κ2) is 17.2. The van der Waals surface area contributed by atoms with Crippen LogP contribution in [-0.2, 0) is 25.6 Å². The first-order valence-electron chi connectivity index (χ1n) is 16.1. The summed E-state index contributed by atoms with van der Waals surface area (Å²) < 4.78 is 35.6. The van der Waals surface area contributed by atoms with Gasteiger partial charge in [0.15, 0.2) is 0 Å². The SMILES string of the molecule is COCCCOc1ccc([C@@H]2[C@@H](OCc3ccc4c(c3)N(CCCOC)CCO4)CNC[C@H]2OCCN2CCCC2)cc1. The number of nitrogens with zero attached hydrogens (tertiary/aromatic N) is 2. The number of benzene rings is 2. The summed E-state index contributed by atoms with van der Waals surface area (Å²) in [5.74, 6) is 1.94. The van der Waals surface area contributed by atoms with Crippen LogP contribution in [0.4, 0.5) is 5.69 Å². The van der Waals surface area contributed by atoms with Gasteiger partial charge in [-0.1, -0.05) is 18.2 Å². The number of rotatable bonds is 17. The molecule has 238 valence electrons. The Bertz CT molecular complexity index is 1080. The second-order valence-corrected chi connectivity index (χ2v) is 11.7. The van der Waals surface area contributed by atoms with Crippen molar-refractivity contribution in [3.8, 4) is 11.5 Å². The van der Waals surface area contributed by atoms with E-state index in [1.807, 2.05) is 0 Å². The van der Waals surface area contributed by atoms with E-state index in [0.29, 0.717) is 26.4 Å². The number of anilines is 1. The molecule has 0 aromatic heterocycles. The standard InChI is InChI=1S/C34H51N3O6/c1-38-18-5-15-37-17-22-41-31-12-7-27(23-30(31)37)26-43-33-25-35-24-32(42-21-16-36-13-3-4-14-36)34(33)28-8-10-29(11-9-28)40-20-6-19-39-2/h7-12,23,32-35H,3-6,13-22,24-26H2,1-2H3/t32-,33+,34+/m1/s1. The summed E-state index contributed by atoms with van der Waals surface area (Å²) >= 11 is 0. The summed E-state index contributed by atoms with van der Waals surface area (Å²) in [6.45, 7) is 10.9. The number of ether oxygens (including phenoxy) is 6. The molecule has 9 heteroatoms. The van der Waals surface area contributed by atoms with Gasteiger partial charge in [0.2, 0.25) is 0 Å². The summed E-state index contributed by atoms with van der Waals surface area (Å²) in [5, 5.41) is 3.60. The van der Waals surface area contributed by atoms with Crippen molar-refractivity contribution >= 4 is 5.69 Å². The normalized spacial score (nSPS) is 22.4. The molecule has 0 unspecified atom stereocenters. The van der Waals surface area contributed by atoms with Gasteiger partial charge in [-0.3, -0.25) is 0 Å². The molecule has 2 aromatic rings. The zero-order valence-corrected chi connectivity index (χ0v) is 26.1. The van der Waals surface area contributed by atoms with Gasteiger partial charge < -0.3 is 43.5 Å². The van der Waals surface area contributed by atoms with E-state index in [2.05, 4.69) is 57.6 Å². The number of likely N-dealkylation sites (tertiary alicyclic amines) is 1. The Balaban J connectivity index is 1.26. The molecule has 0 amide bonds. The second-order valence-electron chi connectivity index (χ2n) is 11.7. The molecule has 3 aliphatic rings. The van der Waals surface area contributed by atoms with Crippen LogP contribution >= 0.6 is 0 Å². The lowest BCUT2D eigenvalue weighted by molar-refractivity contribution is -0.0622.